The molecule has 0 amide bonds. The van der Waals surface area contributed by atoms with Crippen LogP contribution in [-0.2, 0) is 19.0 Å². The van der Waals surface area contributed by atoms with Gasteiger partial charge in [-0.2, -0.15) is 0 Å². The van der Waals surface area contributed by atoms with Gasteiger partial charge in [0.15, 0.2) is 5.79 Å². The van der Waals surface area contributed by atoms with E-state index in [2.05, 4.69) is 6.92 Å². The highest BCUT2D eigenvalue weighted by atomic mass is 16.7. The van der Waals surface area contributed by atoms with Gasteiger partial charge in [-0.3, -0.25) is 4.79 Å². The Bertz CT molecular complexity index is 303. The normalized spacial score (nSPS) is 23.3. The van der Waals surface area contributed by atoms with Crippen molar-refractivity contribution in [2.45, 2.75) is 64.1 Å². The summed E-state index contributed by atoms with van der Waals surface area (Å²) in [6.07, 6.45) is 8.46. The van der Waals surface area contributed by atoms with Crippen molar-refractivity contribution in [3.8, 4) is 0 Å². The van der Waals surface area contributed by atoms with Gasteiger partial charge < -0.3 is 14.2 Å². The average molecular weight is 270 g/mol. The Morgan fingerprint density at radius 1 is 1.11 bits per heavy atom. The summed E-state index contributed by atoms with van der Waals surface area (Å²) in [7, 11) is 1.45. The Morgan fingerprint density at radius 3 is 2.26 bits per heavy atom. The zero-order valence-corrected chi connectivity index (χ0v) is 12.2. The van der Waals surface area contributed by atoms with E-state index < -0.39 is 11.2 Å². The van der Waals surface area contributed by atoms with E-state index in [1.807, 2.05) is 0 Å². The van der Waals surface area contributed by atoms with Crippen LogP contribution in [0.2, 0.25) is 0 Å². The molecule has 2 aliphatic rings. The van der Waals surface area contributed by atoms with Gasteiger partial charge in [0.2, 0.25) is 0 Å². The molecule has 0 N–H and O–H groups in total. The Hall–Kier alpha value is -0.610. The number of methoxy groups -OCH3 is 1. The predicted octanol–water partition coefficient (Wildman–Crippen LogP) is 3.04. The molecule has 1 aliphatic heterocycles. The van der Waals surface area contributed by atoms with Crippen LogP contribution in [0.15, 0.2) is 0 Å². The molecule has 110 valence electrons. The average Bonchev–Trinajstić information content (AvgIpc) is 3.12. The topological polar surface area (TPSA) is 44.8 Å². The third-order valence-corrected chi connectivity index (χ3v) is 4.42. The number of hydrogen-bond acceptors (Lipinski definition) is 4. The van der Waals surface area contributed by atoms with Gasteiger partial charge in [-0.15, -0.1) is 0 Å². The first kappa shape index (κ1) is 14.8. The zero-order chi connectivity index (χ0) is 13.8. The molecule has 1 heterocycles. The highest BCUT2D eigenvalue weighted by Crippen LogP contribution is 2.59. The van der Waals surface area contributed by atoms with Gasteiger partial charge in [-0.05, 0) is 19.3 Å². The molecule has 0 aromatic carbocycles. The number of carbonyl (C=O) groups excluding carboxylic acids is 1. The van der Waals surface area contributed by atoms with Crippen LogP contribution in [0.25, 0.3) is 0 Å². The zero-order valence-electron chi connectivity index (χ0n) is 12.2. The number of unbranched alkanes of at least 4 members (excludes halogenated alkanes) is 4. The molecule has 2 fully saturated rings. The van der Waals surface area contributed by atoms with Crippen molar-refractivity contribution in [2.24, 2.45) is 5.41 Å². The van der Waals surface area contributed by atoms with Gasteiger partial charge >= 0.3 is 5.97 Å². The molecule has 0 aromatic rings. The second-order valence-corrected chi connectivity index (χ2v) is 5.69. The number of hydrogen-bond donors (Lipinski definition) is 0. The van der Waals surface area contributed by atoms with E-state index >= 15 is 0 Å². The monoisotopic (exact) mass is 270 g/mol. The summed E-state index contributed by atoms with van der Waals surface area (Å²) in [4.78, 5) is 12.0. The molecule has 0 bridgehead atoms. The van der Waals surface area contributed by atoms with Crippen LogP contribution in [0.1, 0.15) is 58.3 Å². The lowest BCUT2D eigenvalue weighted by molar-refractivity contribution is -0.221. The van der Waals surface area contributed by atoms with Crippen molar-refractivity contribution in [3.05, 3.63) is 0 Å². The number of rotatable bonds is 8. The maximum absolute atomic E-state index is 12.0. The molecule has 4 heteroatoms. The largest absolute Gasteiger partial charge is 0.468 e. The molecule has 0 aromatic heterocycles. The minimum atomic E-state index is -0.702. The lowest BCUT2D eigenvalue weighted by Crippen LogP contribution is -2.46. The van der Waals surface area contributed by atoms with Crippen LogP contribution >= 0.6 is 0 Å². The predicted molar refractivity (Wildman–Crippen MR) is 71.7 cm³/mol. The molecule has 0 spiro atoms. The van der Waals surface area contributed by atoms with Crippen LogP contribution in [0.5, 0.6) is 0 Å². The van der Waals surface area contributed by atoms with Crippen molar-refractivity contribution in [1.82, 2.24) is 0 Å². The van der Waals surface area contributed by atoms with Crippen LogP contribution in [0.4, 0.5) is 0 Å². The number of carbonyl (C=O) groups is 1. The van der Waals surface area contributed by atoms with Crippen LogP contribution in [-0.4, -0.2) is 32.1 Å². The van der Waals surface area contributed by atoms with E-state index in [0.29, 0.717) is 13.2 Å². The van der Waals surface area contributed by atoms with E-state index in [4.69, 9.17) is 14.2 Å². The SMILES string of the molecule is CCCCCCCC1(C2(C(=O)OC)CC2)OCCO1. The molecule has 1 saturated carbocycles. The smallest absolute Gasteiger partial charge is 0.317 e. The van der Waals surface area contributed by atoms with E-state index in [-0.39, 0.29) is 5.97 Å². The molecule has 1 saturated heterocycles. The standard InChI is InChI=1S/C15H26O4/c1-3-4-5-6-7-8-15(18-11-12-19-15)14(9-10-14)13(16)17-2/h3-12H2,1-2H3. The number of ether oxygens (including phenoxy) is 3. The number of esters is 1. The summed E-state index contributed by atoms with van der Waals surface area (Å²) >= 11 is 0. The van der Waals surface area contributed by atoms with E-state index in [1.165, 1.54) is 32.8 Å². The van der Waals surface area contributed by atoms with E-state index in [9.17, 15) is 4.79 Å². The van der Waals surface area contributed by atoms with Crippen LogP contribution in [0, 0.1) is 5.41 Å². The molecule has 2 rings (SSSR count). The fourth-order valence-corrected chi connectivity index (χ4v) is 3.14. The molecule has 1 aliphatic carbocycles. The summed E-state index contributed by atoms with van der Waals surface area (Å²) < 4.78 is 16.7. The maximum atomic E-state index is 12.0. The fourth-order valence-electron chi connectivity index (χ4n) is 3.14. The first-order chi connectivity index (χ1) is 9.21. The summed E-state index contributed by atoms with van der Waals surface area (Å²) in [5.74, 6) is -0.866. The van der Waals surface area contributed by atoms with Gasteiger partial charge in [0.25, 0.3) is 0 Å². The lowest BCUT2D eigenvalue weighted by Gasteiger charge is -2.34. The Labute approximate surface area is 115 Å². The highest BCUT2D eigenvalue weighted by Gasteiger charge is 2.68. The van der Waals surface area contributed by atoms with Gasteiger partial charge in [0, 0.05) is 6.42 Å². The second kappa shape index (κ2) is 6.23. The molecule has 0 atom stereocenters. The third kappa shape index (κ3) is 2.79. The minimum Gasteiger partial charge on any atom is -0.468 e. The molecular formula is C15H26O4. The second-order valence-electron chi connectivity index (χ2n) is 5.69. The van der Waals surface area contributed by atoms with Gasteiger partial charge in [-0.25, -0.2) is 0 Å². The summed E-state index contributed by atoms with van der Waals surface area (Å²) in [5, 5.41) is 0. The minimum absolute atomic E-state index is 0.164. The van der Waals surface area contributed by atoms with Crippen molar-refractivity contribution in [2.75, 3.05) is 20.3 Å². The molecule has 0 unspecified atom stereocenters. The highest BCUT2D eigenvalue weighted by molar-refractivity contribution is 5.81. The fraction of sp³-hybridized carbons (Fsp3) is 0.933. The molecule has 19 heavy (non-hydrogen) atoms. The summed E-state index contributed by atoms with van der Waals surface area (Å²) in [6.45, 7) is 3.39. The Kier molecular flexibility index (Phi) is 4.85. The van der Waals surface area contributed by atoms with Crippen molar-refractivity contribution >= 4 is 5.97 Å². The van der Waals surface area contributed by atoms with Gasteiger partial charge in [0.1, 0.15) is 5.41 Å². The van der Waals surface area contributed by atoms with Crippen molar-refractivity contribution < 1.29 is 19.0 Å². The summed E-state index contributed by atoms with van der Waals surface area (Å²) in [5.41, 5.74) is -0.525. The van der Waals surface area contributed by atoms with Gasteiger partial charge in [0.05, 0.1) is 20.3 Å². The molecule has 0 radical (unpaired) electrons. The van der Waals surface area contributed by atoms with Crippen LogP contribution < -0.4 is 0 Å². The van der Waals surface area contributed by atoms with Crippen molar-refractivity contribution in [3.63, 3.8) is 0 Å². The van der Waals surface area contributed by atoms with Crippen LogP contribution in [0.3, 0.4) is 0 Å². The quantitative estimate of drug-likeness (QED) is 0.502. The first-order valence-corrected chi connectivity index (χ1v) is 7.57. The van der Waals surface area contributed by atoms with E-state index in [1.54, 1.807) is 0 Å². The van der Waals surface area contributed by atoms with Crippen molar-refractivity contribution in [1.29, 1.82) is 0 Å². The summed E-state index contributed by atoms with van der Waals surface area (Å²) in [6, 6.07) is 0. The Morgan fingerprint density at radius 2 is 1.74 bits per heavy atom. The van der Waals surface area contributed by atoms with E-state index in [0.717, 1.165) is 25.7 Å². The lowest BCUT2D eigenvalue weighted by atomic mass is 9.89. The first-order valence-electron chi connectivity index (χ1n) is 7.57. The molecular weight excluding hydrogens is 244 g/mol. The van der Waals surface area contributed by atoms with Gasteiger partial charge in [-0.1, -0.05) is 32.6 Å². The third-order valence-electron chi connectivity index (χ3n) is 4.42. The Balaban J connectivity index is 1.93. The molecule has 4 nitrogen and oxygen atoms in total. The maximum Gasteiger partial charge on any atom is 0.317 e.